The first kappa shape index (κ1) is 16.8. The molecule has 1 atom stereocenters. The van der Waals surface area contributed by atoms with Gasteiger partial charge in [0.1, 0.15) is 12.4 Å². The number of halogens is 1. The van der Waals surface area contributed by atoms with Crippen LogP contribution in [-0.2, 0) is 6.61 Å². The lowest BCUT2D eigenvalue weighted by atomic mass is 10.1. The summed E-state index contributed by atoms with van der Waals surface area (Å²) in [6, 6.07) is 14.9. The Kier molecular flexibility index (Phi) is 5.38. The highest BCUT2D eigenvalue weighted by Crippen LogP contribution is 2.21. The molecule has 0 aromatic heterocycles. The number of carbonyl (C=O) groups excluding carboxylic acids is 1. The number of nitrogens with two attached hydrogens (primary N) is 1. The molecule has 0 radical (unpaired) electrons. The fourth-order valence-electron chi connectivity index (χ4n) is 2.90. The van der Waals surface area contributed by atoms with Crippen molar-refractivity contribution in [3.05, 3.63) is 64.7 Å². The number of benzene rings is 2. The maximum atomic E-state index is 12.6. The summed E-state index contributed by atoms with van der Waals surface area (Å²) < 4.78 is 5.79. The summed E-state index contributed by atoms with van der Waals surface area (Å²) in [5.74, 6) is 1.13. The van der Waals surface area contributed by atoms with Gasteiger partial charge in [0.25, 0.3) is 5.91 Å². The topological polar surface area (TPSA) is 55.6 Å². The zero-order valence-corrected chi connectivity index (χ0v) is 14.2. The van der Waals surface area contributed by atoms with E-state index in [-0.39, 0.29) is 5.91 Å². The Morgan fingerprint density at radius 3 is 2.83 bits per heavy atom. The standard InChI is InChI=1S/C19H21ClN2O2/c20-17-5-1-3-14(9-17)13-24-18-6-2-4-16(10-18)19(23)22-8-7-15(11-21)12-22/h1-6,9-10,15H,7-8,11-13,21H2/t15-/m0/s1. The number of carbonyl (C=O) groups is 1. The minimum atomic E-state index is 0.0409. The van der Waals surface area contributed by atoms with Crippen molar-refractivity contribution in [3.8, 4) is 5.75 Å². The summed E-state index contributed by atoms with van der Waals surface area (Å²) >= 11 is 5.98. The SMILES string of the molecule is NC[C@@H]1CCN(C(=O)c2cccc(OCc3cccc(Cl)c3)c2)C1. The van der Waals surface area contributed by atoms with Gasteiger partial charge in [-0.15, -0.1) is 0 Å². The van der Waals surface area contributed by atoms with E-state index in [1.54, 1.807) is 6.07 Å². The Bertz CT molecular complexity index is 720. The molecular weight excluding hydrogens is 324 g/mol. The van der Waals surface area contributed by atoms with Gasteiger partial charge in [0.2, 0.25) is 0 Å². The molecule has 1 aliphatic rings. The fraction of sp³-hybridized carbons (Fsp3) is 0.316. The van der Waals surface area contributed by atoms with E-state index in [0.29, 0.717) is 35.4 Å². The molecule has 4 nitrogen and oxygen atoms in total. The highest BCUT2D eigenvalue weighted by Gasteiger charge is 2.26. The molecule has 2 aromatic rings. The molecule has 126 valence electrons. The molecule has 0 saturated carbocycles. The first-order chi connectivity index (χ1) is 11.7. The van der Waals surface area contributed by atoms with Crippen molar-refractivity contribution in [2.75, 3.05) is 19.6 Å². The Morgan fingerprint density at radius 2 is 2.08 bits per heavy atom. The lowest BCUT2D eigenvalue weighted by molar-refractivity contribution is 0.0787. The molecular formula is C19H21ClN2O2. The van der Waals surface area contributed by atoms with Crippen LogP contribution >= 0.6 is 11.6 Å². The molecule has 0 aliphatic carbocycles. The summed E-state index contributed by atoms with van der Waals surface area (Å²) in [5.41, 5.74) is 7.34. The second-order valence-corrected chi connectivity index (χ2v) is 6.52. The molecule has 3 rings (SSSR count). The fourth-order valence-corrected chi connectivity index (χ4v) is 3.12. The van der Waals surface area contributed by atoms with Gasteiger partial charge in [-0.25, -0.2) is 0 Å². The molecule has 0 spiro atoms. The number of nitrogens with zero attached hydrogens (tertiary/aromatic N) is 1. The largest absolute Gasteiger partial charge is 0.489 e. The lowest BCUT2D eigenvalue weighted by Crippen LogP contribution is -2.29. The van der Waals surface area contributed by atoms with Gasteiger partial charge in [-0.3, -0.25) is 4.79 Å². The molecule has 2 aromatic carbocycles. The van der Waals surface area contributed by atoms with E-state index in [2.05, 4.69) is 0 Å². The van der Waals surface area contributed by atoms with E-state index >= 15 is 0 Å². The van der Waals surface area contributed by atoms with Crippen LogP contribution in [0.2, 0.25) is 5.02 Å². The predicted molar refractivity (Wildman–Crippen MR) is 95.3 cm³/mol. The van der Waals surface area contributed by atoms with Gasteiger partial charge < -0.3 is 15.4 Å². The molecule has 1 saturated heterocycles. The van der Waals surface area contributed by atoms with Crippen molar-refractivity contribution in [3.63, 3.8) is 0 Å². The van der Waals surface area contributed by atoms with E-state index in [1.165, 1.54) is 0 Å². The monoisotopic (exact) mass is 344 g/mol. The molecule has 2 N–H and O–H groups in total. The lowest BCUT2D eigenvalue weighted by Gasteiger charge is -2.17. The van der Waals surface area contributed by atoms with Crippen LogP contribution in [0.15, 0.2) is 48.5 Å². The number of ether oxygens (including phenoxy) is 1. The molecule has 5 heteroatoms. The third-order valence-corrected chi connectivity index (χ3v) is 4.52. The average molecular weight is 345 g/mol. The van der Waals surface area contributed by atoms with E-state index in [9.17, 15) is 4.79 Å². The van der Waals surface area contributed by atoms with Crippen LogP contribution in [0.5, 0.6) is 5.75 Å². The van der Waals surface area contributed by atoms with Crippen LogP contribution in [0, 0.1) is 5.92 Å². The average Bonchev–Trinajstić information content (AvgIpc) is 3.09. The summed E-state index contributed by atoms with van der Waals surface area (Å²) in [5, 5.41) is 0.684. The van der Waals surface area contributed by atoms with Gasteiger partial charge in [0, 0.05) is 23.7 Å². The first-order valence-electron chi connectivity index (χ1n) is 8.12. The van der Waals surface area contributed by atoms with Crippen LogP contribution < -0.4 is 10.5 Å². The van der Waals surface area contributed by atoms with Gasteiger partial charge in [-0.2, -0.15) is 0 Å². The van der Waals surface area contributed by atoms with Crippen LogP contribution in [0.3, 0.4) is 0 Å². The number of rotatable bonds is 5. The van der Waals surface area contributed by atoms with Gasteiger partial charge in [0.15, 0.2) is 0 Å². The van der Waals surface area contributed by atoms with E-state index < -0.39 is 0 Å². The second kappa shape index (κ2) is 7.69. The third-order valence-electron chi connectivity index (χ3n) is 4.28. The molecule has 1 aliphatic heterocycles. The maximum absolute atomic E-state index is 12.6. The molecule has 24 heavy (non-hydrogen) atoms. The number of likely N-dealkylation sites (tertiary alicyclic amines) is 1. The Balaban J connectivity index is 1.64. The second-order valence-electron chi connectivity index (χ2n) is 6.09. The van der Waals surface area contributed by atoms with Crippen LogP contribution in [0.1, 0.15) is 22.3 Å². The number of amides is 1. The summed E-state index contributed by atoms with van der Waals surface area (Å²) in [7, 11) is 0. The van der Waals surface area contributed by atoms with Crippen molar-refractivity contribution in [1.82, 2.24) is 4.90 Å². The van der Waals surface area contributed by atoms with Crippen molar-refractivity contribution >= 4 is 17.5 Å². The third kappa shape index (κ3) is 4.08. The Labute approximate surface area is 147 Å². The normalized spacial score (nSPS) is 17.1. The summed E-state index contributed by atoms with van der Waals surface area (Å²) in [6.07, 6.45) is 0.979. The minimum Gasteiger partial charge on any atom is -0.489 e. The highest BCUT2D eigenvalue weighted by atomic mass is 35.5. The van der Waals surface area contributed by atoms with Gasteiger partial charge in [0.05, 0.1) is 0 Å². The summed E-state index contributed by atoms with van der Waals surface area (Å²) in [6.45, 7) is 2.56. The molecule has 1 heterocycles. The van der Waals surface area contributed by atoms with Crippen molar-refractivity contribution in [1.29, 1.82) is 0 Å². The van der Waals surface area contributed by atoms with Gasteiger partial charge in [-0.1, -0.05) is 29.8 Å². The van der Waals surface area contributed by atoms with Gasteiger partial charge >= 0.3 is 0 Å². The van der Waals surface area contributed by atoms with Crippen LogP contribution in [-0.4, -0.2) is 30.4 Å². The van der Waals surface area contributed by atoms with Crippen molar-refractivity contribution < 1.29 is 9.53 Å². The summed E-state index contributed by atoms with van der Waals surface area (Å²) in [4.78, 5) is 14.5. The Hall–Kier alpha value is -2.04. The molecule has 1 amide bonds. The van der Waals surface area contributed by atoms with E-state index in [0.717, 1.165) is 25.1 Å². The maximum Gasteiger partial charge on any atom is 0.253 e. The first-order valence-corrected chi connectivity index (χ1v) is 8.50. The highest BCUT2D eigenvalue weighted by molar-refractivity contribution is 6.30. The quantitative estimate of drug-likeness (QED) is 0.905. The number of hydrogen-bond acceptors (Lipinski definition) is 3. The molecule has 0 bridgehead atoms. The van der Waals surface area contributed by atoms with E-state index in [4.69, 9.17) is 22.1 Å². The smallest absolute Gasteiger partial charge is 0.253 e. The van der Waals surface area contributed by atoms with Gasteiger partial charge in [-0.05, 0) is 54.8 Å². The van der Waals surface area contributed by atoms with Crippen molar-refractivity contribution in [2.24, 2.45) is 11.7 Å². The molecule has 1 fully saturated rings. The zero-order chi connectivity index (χ0) is 16.9. The Morgan fingerprint density at radius 1 is 1.25 bits per heavy atom. The molecule has 0 unspecified atom stereocenters. The van der Waals surface area contributed by atoms with Crippen molar-refractivity contribution in [2.45, 2.75) is 13.0 Å². The van der Waals surface area contributed by atoms with Crippen LogP contribution in [0.25, 0.3) is 0 Å². The predicted octanol–water partition coefficient (Wildman–Crippen LogP) is 3.34. The minimum absolute atomic E-state index is 0.0409. The number of hydrogen-bond donors (Lipinski definition) is 1. The van der Waals surface area contributed by atoms with Crippen LogP contribution in [0.4, 0.5) is 0 Å². The van der Waals surface area contributed by atoms with E-state index in [1.807, 2.05) is 47.4 Å². The zero-order valence-electron chi connectivity index (χ0n) is 13.5.